The first-order chi connectivity index (χ1) is 11.6. The van der Waals surface area contributed by atoms with Gasteiger partial charge in [-0.1, -0.05) is 18.2 Å². The normalized spacial score (nSPS) is 11.2. The van der Waals surface area contributed by atoms with E-state index >= 15 is 0 Å². The molecular formula is C17H20N4O3. The molecule has 1 atom stereocenters. The van der Waals surface area contributed by atoms with E-state index in [1.807, 2.05) is 31.2 Å². The summed E-state index contributed by atoms with van der Waals surface area (Å²) in [6.07, 6.45) is 3.14. The van der Waals surface area contributed by atoms with E-state index in [2.05, 4.69) is 20.9 Å². The van der Waals surface area contributed by atoms with E-state index in [1.165, 1.54) is 6.20 Å². The molecule has 0 saturated heterocycles. The van der Waals surface area contributed by atoms with Gasteiger partial charge in [-0.25, -0.2) is 4.79 Å². The molecule has 1 heterocycles. The molecule has 2 aromatic rings. The van der Waals surface area contributed by atoms with Crippen molar-refractivity contribution in [2.45, 2.75) is 13.0 Å². The van der Waals surface area contributed by atoms with Crippen LogP contribution in [-0.4, -0.2) is 30.6 Å². The Balaban J connectivity index is 1.81. The van der Waals surface area contributed by atoms with Gasteiger partial charge in [-0.05, 0) is 25.1 Å². The zero-order chi connectivity index (χ0) is 17.4. The fourth-order valence-electron chi connectivity index (χ4n) is 2.15. The third-order valence-electron chi connectivity index (χ3n) is 3.31. The van der Waals surface area contributed by atoms with Crippen molar-refractivity contribution < 1.29 is 14.3 Å². The Kier molecular flexibility index (Phi) is 6.13. The van der Waals surface area contributed by atoms with Gasteiger partial charge in [0.1, 0.15) is 5.75 Å². The molecule has 0 aliphatic rings. The Hall–Kier alpha value is -3.09. The van der Waals surface area contributed by atoms with Crippen LogP contribution >= 0.6 is 0 Å². The molecule has 0 aliphatic heterocycles. The lowest BCUT2D eigenvalue weighted by molar-refractivity contribution is -0.115. The second-order valence-corrected chi connectivity index (χ2v) is 5.08. The predicted octanol–water partition coefficient (Wildman–Crippen LogP) is 2.09. The van der Waals surface area contributed by atoms with Crippen LogP contribution in [0, 0.1) is 0 Å². The monoisotopic (exact) mass is 328 g/mol. The summed E-state index contributed by atoms with van der Waals surface area (Å²) >= 11 is 0. The van der Waals surface area contributed by atoms with Crippen LogP contribution in [0.2, 0.25) is 0 Å². The number of amides is 3. The van der Waals surface area contributed by atoms with Crippen LogP contribution in [0.3, 0.4) is 0 Å². The lowest BCUT2D eigenvalue weighted by Gasteiger charge is -2.17. The highest BCUT2D eigenvalue weighted by Crippen LogP contribution is 2.23. The van der Waals surface area contributed by atoms with Crippen molar-refractivity contribution >= 4 is 17.6 Å². The lowest BCUT2D eigenvalue weighted by atomic mass is 10.1. The molecule has 0 radical (unpaired) electrons. The van der Waals surface area contributed by atoms with Gasteiger partial charge in [0.05, 0.1) is 31.6 Å². The number of carbonyl (C=O) groups is 2. The third kappa shape index (κ3) is 4.98. The molecule has 0 aliphatic carbocycles. The number of ether oxygens (including phenoxy) is 1. The molecule has 0 spiro atoms. The first-order valence-corrected chi connectivity index (χ1v) is 7.47. The molecule has 0 fully saturated rings. The SMILES string of the molecule is COc1ccccc1[C@H](C)NC(=O)NCC(=O)Nc1cccnc1. The number of benzene rings is 1. The summed E-state index contributed by atoms with van der Waals surface area (Å²) < 4.78 is 5.27. The summed E-state index contributed by atoms with van der Waals surface area (Å²) in [6, 6.07) is 10.2. The standard InChI is InChI=1S/C17H20N4O3/c1-12(14-7-3-4-8-15(14)24-2)20-17(23)19-11-16(22)21-13-6-5-9-18-10-13/h3-10,12H,11H2,1-2H3,(H,21,22)(H2,19,20,23)/t12-/m0/s1. The number of hydrogen-bond donors (Lipinski definition) is 3. The Morgan fingerprint density at radius 2 is 2.00 bits per heavy atom. The zero-order valence-electron chi connectivity index (χ0n) is 13.6. The van der Waals surface area contributed by atoms with Crippen molar-refractivity contribution in [2.24, 2.45) is 0 Å². The minimum absolute atomic E-state index is 0.140. The van der Waals surface area contributed by atoms with Crippen molar-refractivity contribution in [1.82, 2.24) is 15.6 Å². The average Bonchev–Trinajstić information content (AvgIpc) is 2.60. The van der Waals surface area contributed by atoms with Gasteiger partial charge in [0.25, 0.3) is 0 Å². The number of methoxy groups -OCH3 is 1. The summed E-state index contributed by atoms with van der Waals surface area (Å²) in [6.45, 7) is 1.70. The molecule has 2 rings (SSSR count). The Morgan fingerprint density at radius 3 is 2.71 bits per heavy atom. The number of rotatable bonds is 6. The molecule has 1 aromatic heterocycles. The van der Waals surface area contributed by atoms with Gasteiger partial charge in [0.15, 0.2) is 0 Å². The van der Waals surface area contributed by atoms with Crippen LogP contribution in [0.15, 0.2) is 48.8 Å². The van der Waals surface area contributed by atoms with E-state index in [-0.39, 0.29) is 18.5 Å². The Labute approximate surface area is 140 Å². The quantitative estimate of drug-likeness (QED) is 0.757. The van der Waals surface area contributed by atoms with E-state index < -0.39 is 6.03 Å². The first kappa shape index (κ1) is 17.3. The fourth-order valence-corrected chi connectivity index (χ4v) is 2.15. The molecule has 7 heteroatoms. The molecule has 24 heavy (non-hydrogen) atoms. The number of aromatic nitrogens is 1. The molecular weight excluding hydrogens is 308 g/mol. The highest BCUT2D eigenvalue weighted by Gasteiger charge is 2.14. The first-order valence-electron chi connectivity index (χ1n) is 7.47. The maximum absolute atomic E-state index is 11.9. The summed E-state index contributed by atoms with van der Waals surface area (Å²) in [5.74, 6) is 0.364. The summed E-state index contributed by atoms with van der Waals surface area (Å²) in [7, 11) is 1.58. The zero-order valence-corrected chi connectivity index (χ0v) is 13.6. The summed E-state index contributed by atoms with van der Waals surface area (Å²) in [5.41, 5.74) is 1.43. The molecule has 126 valence electrons. The highest BCUT2D eigenvalue weighted by molar-refractivity contribution is 5.94. The maximum atomic E-state index is 11.9. The number of nitrogens with zero attached hydrogens (tertiary/aromatic N) is 1. The van der Waals surface area contributed by atoms with Gasteiger partial charge in [-0.3, -0.25) is 9.78 Å². The van der Waals surface area contributed by atoms with E-state index in [0.717, 1.165) is 5.56 Å². The van der Waals surface area contributed by atoms with Crippen LogP contribution in [0.1, 0.15) is 18.5 Å². The molecule has 0 saturated carbocycles. The number of pyridine rings is 1. The van der Waals surface area contributed by atoms with Crippen LogP contribution in [0.4, 0.5) is 10.5 Å². The minimum Gasteiger partial charge on any atom is -0.496 e. The van der Waals surface area contributed by atoms with Gasteiger partial charge in [-0.2, -0.15) is 0 Å². The Bertz CT molecular complexity index is 691. The largest absolute Gasteiger partial charge is 0.496 e. The lowest BCUT2D eigenvalue weighted by Crippen LogP contribution is -2.41. The number of anilines is 1. The summed E-state index contributed by atoms with van der Waals surface area (Å²) in [4.78, 5) is 27.6. The second-order valence-electron chi connectivity index (χ2n) is 5.08. The summed E-state index contributed by atoms with van der Waals surface area (Å²) in [5, 5.41) is 7.92. The van der Waals surface area contributed by atoms with Crippen molar-refractivity contribution in [3.05, 3.63) is 54.4 Å². The molecule has 3 N–H and O–H groups in total. The number of urea groups is 1. The van der Waals surface area contributed by atoms with Gasteiger partial charge in [-0.15, -0.1) is 0 Å². The predicted molar refractivity (Wildman–Crippen MR) is 90.8 cm³/mol. The minimum atomic E-state index is -0.435. The topological polar surface area (TPSA) is 92.4 Å². The average molecular weight is 328 g/mol. The number of nitrogens with one attached hydrogen (secondary N) is 3. The van der Waals surface area contributed by atoms with Crippen LogP contribution in [0.5, 0.6) is 5.75 Å². The Morgan fingerprint density at radius 1 is 1.21 bits per heavy atom. The third-order valence-corrected chi connectivity index (χ3v) is 3.31. The van der Waals surface area contributed by atoms with Crippen molar-refractivity contribution in [2.75, 3.05) is 19.0 Å². The van der Waals surface area contributed by atoms with Gasteiger partial charge in [0.2, 0.25) is 5.91 Å². The maximum Gasteiger partial charge on any atom is 0.315 e. The van der Waals surface area contributed by atoms with Crippen LogP contribution in [-0.2, 0) is 4.79 Å². The molecule has 7 nitrogen and oxygen atoms in total. The van der Waals surface area contributed by atoms with Gasteiger partial charge < -0.3 is 20.7 Å². The molecule has 3 amide bonds. The second kappa shape index (κ2) is 8.52. The number of hydrogen-bond acceptors (Lipinski definition) is 4. The van der Waals surface area contributed by atoms with Crippen molar-refractivity contribution in [3.63, 3.8) is 0 Å². The van der Waals surface area contributed by atoms with E-state index in [4.69, 9.17) is 4.74 Å². The van der Waals surface area contributed by atoms with Crippen molar-refractivity contribution in [1.29, 1.82) is 0 Å². The smallest absolute Gasteiger partial charge is 0.315 e. The molecule has 0 unspecified atom stereocenters. The van der Waals surface area contributed by atoms with Crippen LogP contribution < -0.4 is 20.7 Å². The van der Waals surface area contributed by atoms with Gasteiger partial charge in [0, 0.05) is 11.8 Å². The van der Waals surface area contributed by atoms with E-state index in [1.54, 1.807) is 25.4 Å². The fraction of sp³-hybridized carbons (Fsp3) is 0.235. The molecule has 1 aromatic carbocycles. The van der Waals surface area contributed by atoms with E-state index in [0.29, 0.717) is 11.4 Å². The molecule has 0 bridgehead atoms. The van der Waals surface area contributed by atoms with Crippen molar-refractivity contribution in [3.8, 4) is 5.75 Å². The highest BCUT2D eigenvalue weighted by atomic mass is 16.5. The number of para-hydroxylation sites is 1. The number of carbonyl (C=O) groups excluding carboxylic acids is 2. The van der Waals surface area contributed by atoms with E-state index in [9.17, 15) is 9.59 Å². The van der Waals surface area contributed by atoms with Gasteiger partial charge >= 0.3 is 6.03 Å². The van der Waals surface area contributed by atoms with Crippen LogP contribution in [0.25, 0.3) is 0 Å².